The highest BCUT2D eigenvalue weighted by molar-refractivity contribution is 6.31. The third kappa shape index (κ3) is 2.29. The number of rotatable bonds is 2. The minimum absolute atomic E-state index is 0.214. The summed E-state index contributed by atoms with van der Waals surface area (Å²) in [6.07, 6.45) is 1.20. The number of benzene rings is 1. The predicted octanol–water partition coefficient (Wildman–Crippen LogP) is 3.16. The van der Waals surface area contributed by atoms with Gasteiger partial charge in [0.1, 0.15) is 6.17 Å². The molecule has 0 spiro atoms. The average molecular weight is 294 g/mol. The van der Waals surface area contributed by atoms with Gasteiger partial charge in [0.2, 0.25) is 5.91 Å². The number of amides is 1. The van der Waals surface area contributed by atoms with E-state index in [1.165, 1.54) is 6.20 Å². The summed E-state index contributed by atoms with van der Waals surface area (Å²) in [6.45, 7) is 0. The molecule has 104 valence electrons. The minimum atomic E-state index is -0.864. The molecular formula is C14H13ClFN3O. The van der Waals surface area contributed by atoms with Crippen LogP contribution in [-0.2, 0) is 4.79 Å². The number of halogens is 2. The molecule has 4 nitrogen and oxygen atoms in total. The van der Waals surface area contributed by atoms with Crippen LogP contribution >= 0.6 is 11.6 Å². The van der Waals surface area contributed by atoms with Crippen molar-refractivity contribution in [1.29, 1.82) is 0 Å². The molecule has 1 aliphatic rings. The van der Waals surface area contributed by atoms with Crippen molar-refractivity contribution in [3.8, 4) is 0 Å². The average Bonchev–Trinajstić information content (AvgIpc) is 2.39. The lowest BCUT2D eigenvalue weighted by Gasteiger charge is -2.28. The number of hydrogen-bond acceptors (Lipinski definition) is 3. The first-order valence-corrected chi connectivity index (χ1v) is 6.71. The Kier molecular flexibility index (Phi) is 3.22. The normalized spacial score (nSPS) is 21.5. The molecule has 1 amide bonds. The maximum absolute atomic E-state index is 12.8. The van der Waals surface area contributed by atoms with E-state index in [2.05, 4.69) is 10.3 Å². The zero-order chi connectivity index (χ0) is 14.3. The molecule has 0 atom stereocenters. The minimum Gasteiger partial charge on any atom is -0.396 e. The van der Waals surface area contributed by atoms with Crippen molar-refractivity contribution >= 4 is 39.8 Å². The van der Waals surface area contributed by atoms with E-state index < -0.39 is 6.17 Å². The molecule has 1 aliphatic carbocycles. The Morgan fingerprint density at radius 1 is 1.45 bits per heavy atom. The van der Waals surface area contributed by atoms with Gasteiger partial charge in [-0.25, -0.2) is 4.39 Å². The van der Waals surface area contributed by atoms with Crippen molar-refractivity contribution in [2.45, 2.75) is 19.0 Å². The maximum Gasteiger partial charge on any atom is 0.227 e. The Morgan fingerprint density at radius 2 is 2.20 bits per heavy atom. The van der Waals surface area contributed by atoms with Gasteiger partial charge in [-0.05, 0) is 31.0 Å². The van der Waals surface area contributed by atoms with Gasteiger partial charge in [-0.2, -0.15) is 0 Å². The Morgan fingerprint density at radius 3 is 2.90 bits per heavy atom. The van der Waals surface area contributed by atoms with E-state index in [0.29, 0.717) is 27.3 Å². The summed E-state index contributed by atoms with van der Waals surface area (Å²) < 4.78 is 12.8. The number of fused-ring (bicyclic) bond motifs is 1. The Hall–Kier alpha value is -1.88. The molecule has 0 radical (unpaired) electrons. The van der Waals surface area contributed by atoms with Crippen molar-refractivity contribution in [1.82, 2.24) is 4.98 Å². The molecule has 20 heavy (non-hydrogen) atoms. The largest absolute Gasteiger partial charge is 0.396 e. The fraction of sp³-hybridized carbons (Fsp3) is 0.286. The van der Waals surface area contributed by atoms with Crippen molar-refractivity contribution in [2.24, 2.45) is 5.92 Å². The Labute approximate surface area is 120 Å². The van der Waals surface area contributed by atoms with E-state index in [9.17, 15) is 9.18 Å². The summed E-state index contributed by atoms with van der Waals surface area (Å²) in [5.74, 6) is -0.492. The number of nitrogens with zero attached hydrogens (tertiary/aromatic N) is 1. The van der Waals surface area contributed by atoms with Crippen LogP contribution in [0.5, 0.6) is 0 Å². The number of nitrogen functional groups attached to an aromatic ring is 1. The summed E-state index contributed by atoms with van der Waals surface area (Å²) in [7, 11) is 0. The van der Waals surface area contributed by atoms with Crippen LogP contribution in [-0.4, -0.2) is 17.1 Å². The smallest absolute Gasteiger partial charge is 0.227 e. The first kappa shape index (κ1) is 13.1. The molecule has 1 heterocycles. The van der Waals surface area contributed by atoms with Crippen LogP contribution in [0.2, 0.25) is 5.02 Å². The van der Waals surface area contributed by atoms with Crippen LogP contribution < -0.4 is 11.1 Å². The fourth-order valence-corrected chi connectivity index (χ4v) is 2.45. The van der Waals surface area contributed by atoms with E-state index in [1.54, 1.807) is 18.2 Å². The second-order valence-corrected chi connectivity index (χ2v) is 5.44. The van der Waals surface area contributed by atoms with Gasteiger partial charge in [-0.3, -0.25) is 9.78 Å². The number of pyridine rings is 1. The number of anilines is 2. The van der Waals surface area contributed by atoms with Crippen molar-refractivity contribution in [2.75, 3.05) is 11.1 Å². The van der Waals surface area contributed by atoms with Gasteiger partial charge in [0.05, 0.1) is 23.1 Å². The number of aromatic nitrogens is 1. The summed E-state index contributed by atoms with van der Waals surface area (Å²) in [5, 5.41) is 3.95. The SMILES string of the molecule is Nc1c(NC(=O)C2CC(F)C2)cnc2ccc(Cl)cc12. The van der Waals surface area contributed by atoms with Gasteiger partial charge in [0, 0.05) is 16.3 Å². The van der Waals surface area contributed by atoms with Crippen molar-refractivity contribution < 1.29 is 9.18 Å². The molecule has 2 aromatic rings. The summed E-state index contributed by atoms with van der Waals surface area (Å²) >= 11 is 5.93. The van der Waals surface area contributed by atoms with Crippen LogP contribution in [0, 0.1) is 5.92 Å². The van der Waals surface area contributed by atoms with E-state index in [1.807, 2.05) is 0 Å². The zero-order valence-electron chi connectivity index (χ0n) is 10.6. The first-order chi connectivity index (χ1) is 9.54. The van der Waals surface area contributed by atoms with E-state index in [0.717, 1.165) is 0 Å². The molecule has 1 aromatic heterocycles. The second kappa shape index (κ2) is 4.90. The quantitative estimate of drug-likeness (QED) is 0.893. The lowest BCUT2D eigenvalue weighted by atomic mass is 9.83. The maximum atomic E-state index is 12.8. The van der Waals surface area contributed by atoms with E-state index >= 15 is 0 Å². The van der Waals surface area contributed by atoms with Crippen molar-refractivity contribution in [3.05, 3.63) is 29.4 Å². The highest BCUT2D eigenvalue weighted by atomic mass is 35.5. The zero-order valence-corrected chi connectivity index (χ0v) is 11.3. The Balaban J connectivity index is 1.88. The summed E-state index contributed by atoms with van der Waals surface area (Å²) in [6, 6.07) is 5.19. The van der Waals surface area contributed by atoms with Crippen LogP contribution in [0.4, 0.5) is 15.8 Å². The molecule has 1 aromatic carbocycles. The Bertz CT molecular complexity index is 685. The van der Waals surface area contributed by atoms with Crippen LogP contribution in [0.3, 0.4) is 0 Å². The molecule has 1 saturated carbocycles. The lowest BCUT2D eigenvalue weighted by Crippen LogP contribution is -2.35. The number of hydrogen-bond donors (Lipinski definition) is 2. The fourth-order valence-electron chi connectivity index (χ4n) is 2.28. The standard InChI is InChI=1S/C14H13ClFN3O/c15-8-1-2-11-10(5-8)13(17)12(6-18-11)19-14(20)7-3-9(16)4-7/h1-2,5-7,9H,3-4H2,(H2,17,18)(H,19,20). The number of carbonyl (C=O) groups is 1. The summed E-state index contributed by atoms with van der Waals surface area (Å²) in [4.78, 5) is 16.1. The van der Waals surface area contributed by atoms with Crippen molar-refractivity contribution in [3.63, 3.8) is 0 Å². The van der Waals surface area contributed by atoms with Crippen LogP contribution in [0.1, 0.15) is 12.8 Å². The molecule has 3 rings (SSSR count). The van der Waals surface area contributed by atoms with Crippen LogP contribution in [0.25, 0.3) is 10.9 Å². The third-order valence-electron chi connectivity index (χ3n) is 3.58. The molecule has 3 N–H and O–H groups in total. The topological polar surface area (TPSA) is 68.0 Å². The van der Waals surface area contributed by atoms with E-state index in [4.69, 9.17) is 17.3 Å². The lowest BCUT2D eigenvalue weighted by molar-refractivity contribution is -0.124. The molecule has 1 fully saturated rings. The van der Waals surface area contributed by atoms with Gasteiger partial charge in [0.25, 0.3) is 0 Å². The second-order valence-electron chi connectivity index (χ2n) is 5.00. The number of nitrogens with one attached hydrogen (secondary N) is 1. The molecule has 0 aliphatic heterocycles. The predicted molar refractivity (Wildman–Crippen MR) is 77.4 cm³/mol. The van der Waals surface area contributed by atoms with E-state index in [-0.39, 0.29) is 24.7 Å². The van der Waals surface area contributed by atoms with Gasteiger partial charge in [-0.1, -0.05) is 11.6 Å². The molecule has 6 heteroatoms. The first-order valence-electron chi connectivity index (χ1n) is 6.33. The number of alkyl halides is 1. The van der Waals surface area contributed by atoms with Crippen LogP contribution in [0.15, 0.2) is 24.4 Å². The van der Waals surface area contributed by atoms with Gasteiger partial charge in [0.15, 0.2) is 0 Å². The number of carbonyl (C=O) groups excluding carboxylic acids is 1. The molecule has 0 saturated heterocycles. The van der Waals surface area contributed by atoms with Gasteiger partial charge >= 0.3 is 0 Å². The monoisotopic (exact) mass is 293 g/mol. The molecular weight excluding hydrogens is 281 g/mol. The highest BCUT2D eigenvalue weighted by Gasteiger charge is 2.34. The third-order valence-corrected chi connectivity index (χ3v) is 3.82. The van der Waals surface area contributed by atoms with Gasteiger partial charge < -0.3 is 11.1 Å². The summed E-state index contributed by atoms with van der Waals surface area (Å²) in [5.41, 5.74) is 7.60. The molecule has 0 bridgehead atoms. The van der Waals surface area contributed by atoms with Gasteiger partial charge in [-0.15, -0.1) is 0 Å². The highest BCUT2D eigenvalue weighted by Crippen LogP contribution is 2.33. The number of nitrogens with two attached hydrogens (primary N) is 1. The molecule has 0 unspecified atom stereocenters.